The first-order valence-corrected chi connectivity index (χ1v) is 5.57. The molecule has 1 heterocycles. The summed E-state index contributed by atoms with van der Waals surface area (Å²) in [6.07, 6.45) is 1.97. The Labute approximate surface area is 92.8 Å². The van der Waals surface area contributed by atoms with Crippen LogP contribution in [0.15, 0.2) is 17.7 Å². The molecule has 0 aliphatic heterocycles. The molecule has 4 nitrogen and oxygen atoms in total. The summed E-state index contributed by atoms with van der Waals surface area (Å²) < 4.78 is 0. The molecule has 0 unspecified atom stereocenters. The van der Waals surface area contributed by atoms with Crippen molar-refractivity contribution in [2.24, 2.45) is 0 Å². The van der Waals surface area contributed by atoms with Crippen molar-refractivity contribution in [3.63, 3.8) is 0 Å². The van der Waals surface area contributed by atoms with Gasteiger partial charge in [0.15, 0.2) is 0 Å². The number of nitrogens with zero attached hydrogens (tertiary/aromatic N) is 1. The second-order valence-electron chi connectivity index (χ2n) is 3.20. The van der Waals surface area contributed by atoms with Crippen LogP contribution in [0.5, 0.6) is 0 Å². The van der Waals surface area contributed by atoms with Crippen LogP contribution in [0, 0.1) is 10.1 Å². The number of hydrogen-bond donors (Lipinski definition) is 1. The monoisotopic (exact) mass is 226 g/mol. The summed E-state index contributed by atoms with van der Waals surface area (Å²) in [4.78, 5) is 11.0. The van der Waals surface area contributed by atoms with Crippen LogP contribution < -0.4 is 5.32 Å². The highest BCUT2D eigenvalue weighted by Gasteiger charge is 2.07. The van der Waals surface area contributed by atoms with Gasteiger partial charge in [-0.15, -0.1) is 0 Å². The van der Waals surface area contributed by atoms with Gasteiger partial charge in [0.2, 0.25) is 0 Å². The molecule has 1 aromatic rings. The van der Waals surface area contributed by atoms with Crippen molar-refractivity contribution in [1.29, 1.82) is 0 Å². The van der Waals surface area contributed by atoms with Crippen molar-refractivity contribution in [2.75, 3.05) is 13.1 Å². The van der Waals surface area contributed by atoms with E-state index in [1.807, 2.05) is 19.9 Å². The zero-order valence-corrected chi connectivity index (χ0v) is 9.63. The topological polar surface area (TPSA) is 55.2 Å². The van der Waals surface area contributed by atoms with Gasteiger partial charge in [-0.25, -0.2) is 0 Å². The van der Waals surface area contributed by atoms with Crippen molar-refractivity contribution in [3.05, 3.63) is 32.7 Å². The highest BCUT2D eigenvalue weighted by atomic mass is 32.1. The van der Waals surface area contributed by atoms with E-state index in [0.717, 1.165) is 18.0 Å². The largest absolute Gasteiger partial charge is 0.324 e. The van der Waals surface area contributed by atoms with Crippen LogP contribution in [0.25, 0.3) is 6.08 Å². The van der Waals surface area contributed by atoms with E-state index in [-0.39, 0.29) is 9.92 Å². The Morgan fingerprint density at radius 3 is 2.93 bits per heavy atom. The molecular formula is C10H14N2O2S. The van der Waals surface area contributed by atoms with E-state index in [1.54, 1.807) is 6.07 Å². The van der Waals surface area contributed by atoms with Crippen molar-refractivity contribution >= 4 is 22.4 Å². The SMILES string of the molecule is CCNC/C(C)=C/c1ccc([N+](=O)[O-])s1. The maximum atomic E-state index is 10.5. The Bertz CT molecular complexity index is 371. The normalized spacial score (nSPS) is 11.7. The van der Waals surface area contributed by atoms with Crippen LogP contribution in [0.1, 0.15) is 18.7 Å². The molecule has 0 radical (unpaired) electrons. The van der Waals surface area contributed by atoms with E-state index in [1.165, 1.54) is 23.0 Å². The molecule has 0 atom stereocenters. The zero-order valence-electron chi connectivity index (χ0n) is 8.82. The predicted molar refractivity (Wildman–Crippen MR) is 63.2 cm³/mol. The van der Waals surface area contributed by atoms with Gasteiger partial charge in [0.25, 0.3) is 0 Å². The van der Waals surface area contributed by atoms with Gasteiger partial charge in [0.1, 0.15) is 0 Å². The van der Waals surface area contributed by atoms with Gasteiger partial charge >= 0.3 is 5.00 Å². The van der Waals surface area contributed by atoms with Crippen molar-refractivity contribution in [1.82, 2.24) is 5.32 Å². The van der Waals surface area contributed by atoms with E-state index in [0.29, 0.717) is 0 Å². The first kappa shape index (κ1) is 11.9. The maximum Gasteiger partial charge on any atom is 0.324 e. The van der Waals surface area contributed by atoms with E-state index < -0.39 is 0 Å². The number of rotatable bonds is 5. The Balaban J connectivity index is 2.66. The smallest absolute Gasteiger partial charge is 0.313 e. The molecule has 1 N–H and O–H groups in total. The minimum atomic E-state index is -0.359. The Morgan fingerprint density at radius 1 is 1.67 bits per heavy atom. The Hall–Kier alpha value is -1.20. The van der Waals surface area contributed by atoms with Crippen LogP contribution in [0.3, 0.4) is 0 Å². The molecule has 0 spiro atoms. The third-order valence-electron chi connectivity index (χ3n) is 1.84. The molecular weight excluding hydrogens is 212 g/mol. The molecule has 5 heteroatoms. The molecule has 82 valence electrons. The summed E-state index contributed by atoms with van der Waals surface area (Å²) in [6, 6.07) is 3.31. The van der Waals surface area contributed by atoms with Crippen LogP contribution >= 0.6 is 11.3 Å². The van der Waals surface area contributed by atoms with Crippen molar-refractivity contribution in [3.8, 4) is 0 Å². The fourth-order valence-corrected chi connectivity index (χ4v) is 1.98. The van der Waals surface area contributed by atoms with Crippen LogP contribution in [0.2, 0.25) is 0 Å². The van der Waals surface area contributed by atoms with Gasteiger partial charge in [0, 0.05) is 17.5 Å². The maximum absolute atomic E-state index is 10.5. The van der Waals surface area contributed by atoms with E-state index in [9.17, 15) is 10.1 Å². The summed E-state index contributed by atoms with van der Waals surface area (Å²) in [6.45, 7) is 5.80. The first-order chi connectivity index (χ1) is 7.13. The first-order valence-electron chi connectivity index (χ1n) is 4.75. The lowest BCUT2D eigenvalue weighted by molar-refractivity contribution is -0.380. The zero-order chi connectivity index (χ0) is 11.3. The molecule has 0 amide bonds. The van der Waals surface area contributed by atoms with E-state index in [4.69, 9.17) is 0 Å². The number of hydrogen-bond acceptors (Lipinski definition) is 4. The summed E-state index contributed by atoms with van der Waals surface area (Å²) in [5, 5.41) is 13.8. The average Bonchev–Trinajstić information content (AvgIpc) is 2.63. The lowest BCUT2D eigenvalue weighted by Crippen LogP contribution is -2.14. The molecule has 0 aliphatic rings. The quantitative estimate of drug-likeness (QED) is 0.620. The highest BCUT2D eigenvalue weighted by Crippen LogP contribution is 2.25. The fourth-order valence-electron chi connectivity index (χ4n) is 1.13. The van der Waals surface area contributed by atoms with E-state index in [2.05, 4.69) is 5.32 Å². The molecule has 0 aromatic carbocycles. The highest BCUT2D eigenvalue weighted by molar-refractivity contribution is 7.16. The van der Waals surface area contributed by atoms with Crippen LogP contribution in [-0.2, 0) is 0 Å². The standard InChI is InChI=1S/C10H14N2O2S/c1-3-11-7-8(2)6-9-4-5-10(15-9)12(13)14/h4-6,11H,3,7H2,1-2H3/b8-6+. The van der Waals surface area contributed by atoms with Gasteiger partial charge in [-0.1, -0.05) is 23.8 Å². The summed E-state index contributed by atoms with van der Waals surface area (Å²) in [5.41, 5.74) is 1.17. The van der Waals surface area contributed by atoms with Gasteiger partial charge in [0.05, 0.1) is 4.92 Å². The van der Waals surface area contributed by atoms with Gasteiger partial charge in [-0.05, 0) is 25.6 Å². The molecule has 0 saturated heterocycles. The second kappa shape index (κ2) is 5.63. The van der Waals surface area contributed by atoms with Gasteiger partial charge in [-0.2, -0.15) is 0 Å². The molecule has 1 rings (SSSR count). The number of likely N-dealkylation sites (N-methyl/N-ethyl adjacent to an activating group) is 1. The van der Waals surface area contributed by atoms with Crippen molar-refractivity contribution in [2.45, 2.75) is 13.8 Å². The molecule has 0 fully saturated rings. The van der Waals surface area contributed by atoms with Gasteiger partial charge < -0.3 is 5.32 Å². The lowest BCUT2D eigenvalue weighted by atomic mass is 10.2. The average molecular weight is 226 g/mol. The number of nitrogens with one attached hydrogen (secondary N) is 1. The van der Waals surface area contributed by atoms with Gasteiger partial charge in [-0.3, -0.25) is 10.1 Å². The molecule has 1 aromatic heterocycles. The third kappa shape index (κ3) is 3.81. The second-order valence-corrected chi connectivity index (χ2v) is 4.30. The summed E-state index contributed by atoms with van der Waals surface area (Å²) in [7, 11) is 0. The molecule has 0 saturated carbocycles. The summed E-state index contributed by atoms with van der Waals surface area (Å²) >= 11 is 1.20. The minimum Gasteiger partial charge on any atom is -0.313 e. The lowest BCUT2D eigenvalue weighted by Gasteiger charge is -1.99. The molecule has 0 aliphatic carbocycles. The Kier molecular flexibility index (Phi) is 4.45. The van der Waals surface area contributed by atoms with Crippen LogP contribution in [-0.4, -0.2) is 18.0 Å². The van der Waals surface area contributed by atoms with Crippen LogP contribution in [0.4, 0.5) is 5.00 Å². The summed E-state index contributed by atoms with van der Waals surface area (Å²) in [5.74, 6) is 0. The van der Waals surface area contributed by atoms with Crippen molar-refractivity contribution < 1.29 is 4.92 Å². The van der Waals surface area contributed by atoms with E-state index >= 15 is 0 Å². The number of thiophene rings is 1. The fraction of sp³-hybridized carbons (Fsp3) is 0.400. The third-order valence-corrected chi connectivity index (χ3v) is 2.82. The molecule has 15 heavy (non-hydrogen) atoms. The minimum absolute atomic E-state index is 0.192. The molecule has 0 bridgehead atoms. The number of nitro groups is 1. The Morgan fingerprint density at radius 2 is 2.40 bits per heavy atom. The predicted octanol–water partition coefficient (Wildman–Crippen LogP) is 2.67.